The van der Waals surface area contributed by atoms with Crippen molar-refractivity contribution < 1.29 is 14.3 Å². The standard InChI is InChI=1S/C14H17NO3/c1-2-18-14(17)8-7-13(16)15-9-11-5-3-4-6-12(11)10-15/h3-6H,2,7-10H2,1H3. The molecule has 1 aliphatic rings. The number of esters is 1. The fourth-order valence-corrected chi connectivity index (χ4v) is 2.11. The topological polar surface area (TPSA) is 46.6 Å². The van der Waals surface area contributed by atoms with Crippen LogP contribution in [0.4, 0.5) is 0 Å². The van der Waals surface area contributed by atoms with Gasteiger partial charge in [-0.2, -0.15) is 0 Å². The molecule has 0 saturated heterocycles. The lowest BCUT2D eigenvalue weighted by molar-refractivity contribution is -0.145. The zero-order valence-corrected chi connectivity index (χ0v) is 10.5. The van der Waals surface area contributed by atoms with E-state index in [-0.39, 0.29) is 24.7 Å². The first kappa shape index (κ1) is 12.6. The van der Waals surface area contributed by atoms with Gasteiger partial charge in [-0.1, -0.05) is 24.3 Å². The third kappa shape index (κ3) is 2.88. The van der Waals surface area contributed by atoms with Crippen molar-refractivity contribution in [1.82, 2.24) is 4.90 Å². The van der Waals surface area contributed by atoms with Crippen molar-refractivity contribution in [2.75, 3.05) is 6.61 Å². The predicted octanol–water partition coefficient (Wildman–Crippen LogP) is 1.87. The van der Waals surface area contributed by atoms with Gasteiger partial charge in [-0.05, 0) is 18.1 Å². The summed E-state index contributed by atoms with van der Waals surface area (Å²) in [6, 6.07) is 8.03. The SMILES string of the molecule is CCOC(=O)CCC(=O)N1Cc2ccccc2C1. The molecule has 0 N–H and O–H groups in total. The third-order valence-electron chi connectivity index (χ3n) is 3.04. The first-order chi connectivity index (χ1) is 8.70. The fourth-order valence-electron chi connectivity index (χ4n) is 2.11. The van der Waals surface area contributed by atoms with E-state index in [4.69, 9.17) is 4.74 Å². The van der Waals surface area contributed by atoms with Crippen LogP contribution in [-0.4, -0.2) is 23.4 Å². The number of nitrogens with zero attached hydrogens (tertiary/aromatic N) is 1. The highest BCUT2D eigenvalue weighted by molar-refractivity contribution is 5.81. The van der Waals surface area contributed by atoms with Crippen molar-refractivity contribution in [2.45, 2.75) is 32.9 Å². The van der Waals surface area contributed by atoms with Gasteiger partial charge in [0, 0.05) is 19.5 Å². The summed E-state index contributed by atoms with van der Waals surface area (Å²) in [5, 5.41) is 0. The maximum absolute atomic E-state index is 11.9. The molecule has 0 bridgehead atoms. The number of benzene rings is 1. The summed E-state index contributed by atoms with van der Waals surface area (Å²) in [6.45, 7) is 3.43. The van der Waals surface area contributed by atoms with E-state index in [0.29, 0.717) is 19.7 Å². The summed E-state index contributed by atoms with van der Waals surface area (Å²) in [5.74, 6) is -0.290. The van der Waals surface area contributed by atoms with Crippen LogP contribution in [0.3, 0.4) is 0 Å². The number of carbonyl (C=O) groups excluding carboxylic acids is 2. The Kier molecular flexibility index (Phi) is 3.97. The van der Waals surface area contributed by atoms with E-state index in [1.807, 2.05) is 24.3 Å². The summed E-state index contributed by atoms with van der Waals surface area (Å²) in [4.78, 5) is 24.9. The van der Waals surface area contributed by atoms with Crippen LogP contribution < -0.4 is 0 Å². The molecule has 0 saturated carbocycles. The lowest BCUT2D eigenvalue weighted by Gasteiger charge is -2.14. The molecule has 1 heterocycles. The molecule has 4 nitrogen and oxygen atoms in total. The zero-order valence-electron chi connectivity index (χ0n) is 10.5. The third-order valence-corrected chi connectivity index (χ3v) is 3.04. The van der Waals surface area contributed by atoms with E-state index in [2.05, 4.69) is 0 Å². The monoisotopic (exact) mass is 247 g/mol. The van der Waals surface area contributed by atoms with E-state index < -0.39 is 0 Å². The predicted molar refractivity (Wildman–Crippen MR) is 66.6 cm³/mol. The molecule has 0 spiro atoms. The maximum Gasteiger partial charge on any atom is 0.306 e. The molecule has 18 heavy (non-hydrogen) atoms. The summed E-state index contributed by atoms with van der Waals surface area (Å²) in [7, 11) is 0. The second-order valence-corrected chi connectivity index (χ2v) is 4.32. The molecule has 1 aromatic carbocycles. The summed E-state index contributed by atoms with van der Waals surface area (Å²) >= 11 is 0. The van der Waals surface area contributed by atoms with Crippen molar-refractivity contribution in [2.24, 2.45) is 0 Å². The van der Waals surface area contributed by atoms with Crippen molar-refractivity contribution in [3.05, 3.63) is 35.4 Å². The van der Waals surface area contributed by atoms with Crippen LogP contribution in [-0.2, 0) is 27.4 Å². The maximum atomic E-state index is 11.9. The molecule has 1 amide bonds. The van der Waals surface area contributed by atoms with E-state index in [1.54, 1.807) is 11.8 Å². The Morgan fingerprint density at radius 2 is 1.78 bits per heavy atom. The first-order valence-electron chi connectivity index (χ1n) is 6.21. The Bertz CT molecular complexity index is 431. The highest BCUT2D eigenvalue weighted by Crippen LogP contribution is 2.22. The minimum Gasteiger partial charge on any atom is -0.466 e. The van der Waals surface area contributed by atoms with Crippen LogP contribution in [0, 0.1) is 0 Å². The van der Waals surface area contributed by atoms with Crippen LogP contribution in [0.2, 0.25) is 0 Å². The van der Waals surface area contributed by atoms with Gasteiger partial charge in [0.2, 0.25) is 5.91 Å². The second-order valence-electron chi connectivity index (χ2n) is 4.32. The van der Waals surface area contributed by atoms with E-state index in [1.165, 1.54) is 11.1 Å². The van der Waals surface area contributed by atoms with E-state index >= 15 is 0 Å². The number of hydrogen-bond donors (Lipinski definition) is 0. The highest BCUT2D eigenvalue weighted by atomic mass is 16.5. The van der Waals surface area contributed by atoms with Gasteiger partial charge in [0.15, 0.2) is 0 Å². The van der Waals surface area contributed by atoms with Gasteiger partial charge >= 0.3 is 5.97 Å². The smallest absolute Gasteiger partial charge is 0.306 e. The summed E-state index contributed by atoms with van der Waals surface area (Å²) in [6.07, 6.45) is 0.395. The largest absolute Gasteiger partial charge is 0.466 e. The number of ether oxygens (including phenoxy) is 1. The number of rotatable bonds is 4. The lowest BCUT2D eigenvalue weighted by Crippen LogP contribution is -2.25. The van der Waals surface area contributed by atoms with Gasteiger partial charge in [-0.25, -0.2) is 0 Å². The van der Waals surface area contributed by atoms with Crippen LogP contribution in [0.25, 0.3) is 0 Å². The number of fused-ring (bicyclic) bond motifs is 1. The molecule has 2 rings (SSSR count). The fraction of sp³-hybridized carbons (Fsp3) is 0.429. The minimum atomic E-state index is -0.303. The molecule has 0 radical (unpaired) electrons. The van der Waals surface area contributed by atoms with Crippen molar-refractivity contribution in [3.63, 3.8) is 0 Å². The second kappa shape index (κ2) is 5.67. The minimum absolute atomic E-state index is 0.0132. The van der Waals surface area contributed by atoms with Gasteiger partial charge in [-0.15, -0.1) is 0 Å². The summed E-state index contributed by atoms with van der Waals surface area (Å²) in [5.41, 5.74) is 2.39. The molecule has 1 aliphatic heterocycles. The van der Waals surface area contributed by atoms with Crippen molar-refractivity contribution in [1.29, 1.82) is 0 Å². The Hall–Kier alpha value is -1.84. The van der Waals surface area contributed by atoms with Gasteiger partial charge in [0.05, 0.1) is 13.0 Å². The number of hydrogen-bond acceptors (Lipinski definition) is 3. The Labute approximate surface area is 107 Å². The summed E-state index contributed by atoms with van der Waals surface area (Å²) < 4.78 is 4.81. The van der Waals surface area contributed by atoms with E-state index in [0.717, 1.165) is 0 Å². The molecular formula is C14H17NO3. The first-order valence-corrected chi connectivity index (χ1v) is 6.21. The Morgan fingerprint density at radius 3 is 2.33 bits per heavy atom. The van der Waals surface area contributed by atoms with Gasteiger partial charge < -0.3 is 9.64 Å². The van der Waals surface area contributed by atoms with Gasteiger partial charge in [-0.3, -0.25) is 9.59 Å². The van der Waals surface area contributed by atoms with Gasteiger partial charge in [0.1, 0.15) is 0 Å². The molecule has 96 valence electrons. The quantitative estimate of drug-likeness (QED) is 0.763. The van der Waals surface area contributed by atoms with E-state index in [9.17, 15) is 9.59 Å². The lowest BCUT2D eigenvalue weighted by atomic mass is 10.1. The molecule has 4 heteroatoms. The van der Waals surface area contributed by atoms with Crippen LogP contribution in [0.5, 0.6) is 0 Å². The average molecular weight is 247 g/mol. The number of carbonyl (C=O) groups is 2. The van der Waals surface area contributed by atoms with Crippen molar-refractivity contribution in [3.8, 4) is 0 Å². The molecule has 0 atom stereocenters. The Balaban J connectivity index is 1.84. The Morgan fingerprint density at radius 1 is 1.17 bits per heavy atom. The molecule has 1 aromatic rings. The normalized spacial score (nSPS) is 13.3. The molecule has 0 aromatic heterocycles. The van der Waals surface area contributed by atoms with Crippen molar-refractivity contribution >= 4 is 11.9 Å². The molecule has 0 aliphatic carbocycles. The zero-order chi connectivity index (χ0) is 13.0. The van der Waals surface area contributed by atoms with Crippen LogP contribution in [0.1, 0.15) is 30.9 Å². The molecule has 0 unspecified atom stereocenters. The highest BCUT2D eigenvalue weighted by Gasteiger charge is 2.22. The van der Waals surface area contributed by atoms with Gasteiger partial charge in [0.25, 0.3) is 0 Å². The number of amides is 1. The molecular weight excluding hydrogens is 230 g/mol. The molecule has 0 fully saturated rings. The average Bonchev–Trinajstić information content (AvgIpc) is 2.80. The van der Waals surface area contributed by atoms with Crippen LogP contribution >= 0.6 is 0 Å². The van der Waals surface area contributed by atoms with Crippen LogP contribution in [0.15, 0.2) is 24.3 Å².